The lowest BCUT2D eigenvalue weighted by Crippen LogP contribution is -2.31. The maximum absolute atomic E-state index is 13.3. The Kier molecular flexibility index (Phi) is 6.55. The van der Waals surface area contributed by atoms with Crippen molar-refractivity contribution in [3.05, 3.63) is 98.2 Å². The Morgan fingerprint density at radius 3 is 2.29 bits per heavy atom. The fraction of sp³-hybridized carbons (Fsp3) is 0.259. The molecule has 0 radical (unpaired) electrons. The molecule has 2 amide bonds. The molecule has 0 unspecified atom stereocenters. The number of aromatic nitrogens is 3. The topological polar surface area (TPSA) is 97.5 Å². The molecule has 4 rings (SSSR count). The lowest BCUT2D eigenvalue weighted by atomic mass is 10.1. The Bertz CT molecular complexity index is 1480. The SMILES string of the molecule is Cc1cc(C)c(NC(=O)Cn2ncn3c(C)c(C(=O)NCc4ccccc4)c(C)c3c2=O)c(C)c1. The van der Waals surface area contributed by atoms with Gasteiger partial charge in [-0.25, -0.2) is 4.68 Å². The van der Waals surface area contributed by atoms with Crippen LogP contribution in [0.4, 0.5) is 5.69 Å². The van der Waals surface area contributed by atoms with Crippen molar-refractivity contribution in [2.45, 2.75) is 47.7 Å². The Labute approximate surface area is 203 Å². The highest BCUT2D eigenvalue weighted by Gasteiger charge is 2.22. The molecule has 8 nitrogen and oxygen atoms in total. The average Bonchev–Trinajstić information content (AvgIpc) is 3.07. The molecule has 0 saturated carbocycles. The molecule has 0 aliphatic rings. The molecule has 0 aliphatic heterocycles. The zero-order valence-electron chi connectivity index (χ0n) is 20.6. The Morgan fingerprint density at radius 2 is 1.63 bits per heavy atom. The number of amides is 2. The molecule has 2 aromatic carbocycles. The van der Waals surface area contributed by atoms with Crippen molar-refractivity contribution in [2.24, 2.45) is 0 Å². The number of fused-ring (bicyclic) bond motifs is 1. The van der Waals surface area contributed by atoms with Crippen LogP contribution in [-0.2, 0) is 17.9 Å². The first-order valence-corrected chi connectivity index (χ1v) is 11.4. The number of anilines is 1. The van der Waals surface area contributed by atoms with Gasteiger partial charge in [0.15, 0.2) is 0 Å². The maximum Gasteiger partial charge on any atom is 0.291 e. The second kappa shape index (κ2) is 9.58. The third-order valence-electron chi connectivity index (χ3n) is 6.20. The smallest absolute Gasteiger partial charge is 0.291 e. The van der Waals surface area contributed by atoms with Crippen LogP contribution in [-0.4, -0.2) is 26.0 Å². The van der Waals surface area contributed by atoms with Crippen molar-refractivity contribution in [1.82, 2.24) is 19.5 Å². The van der Waals surface area contributed by atoms with E-state index in [0.717, 1.165) is 32.6 Å². The first kappa shape index (κ1) is 23.9. The van der Waals surface area contributed by atoms with Gasteiger partial charge in [-0.1, -0.05) is 48.0 Å². The van der Waals surface area contributed by atoms with Gasteiger partial charge in [0.25, 0.3) is 11.5 Å². The quantitative estimate of drug-likeness (QED) is 0.449. The highest BCUT2D eigenvalue weighted by molar-refractivity contribution is 5.99. The summed E-state index contributed by atoms with van der Waals surface area (Å²) < 4.78 is 2.74. The van der Waals surface area contributed by atoms with Crippen LogP contribution in [0, 0.1) is 34.6 Å². The Balaban J connectivity index is 1.59. The summed E-state index contributed by atoms with van der Waals surface area (Å²) in [7, 11) is 0. The van der Waals surface area contributed by atoms with Crippen LogP contribution >= 0.6 is 0 Å². The van der Waals surface area contributed by atoms with Gasteiger partial charge in [0, 0.05) is 17.9 Å². The number of nitrogens with one attached hydrogen (secondary N) is 2. The minimum atomic E-state index is -0.428. The summed E-state index contributed by atoms with van der Waals surface area (Å²) in [6, 6.07) is 13.6. The van der Waals surface area contributed by atoms with Gasteiger partial charge in [0.05, 0.1) is 5.56 Å². The number of aryl methyl sites for hydroxylation is 5. The molecule has 35 heavy (non-hydrogen) atoms. The number of rotatable bonds is 6. The highest BCUT2D eigenvalue weighted by Crippen LogP contribution is 2.22. The first-order valence-electron chi connectivity index (χ1n) is 11.4. The number of hydrogen-bond acceptors (Lipinski definition) is 4. The van der Waals surface area contributed by atoms with E-state index in [1.165, 1.54) is 6.33 Å². The van der Waals surface area contributed by atoms with E-state index < -0.39 is 5.56 Å². The van der Waals surface area contributed by atoms with Crippen molar-refractivity contribution < 1.29 is 9.59 Å². The number of carbonyl (C=O) groups excluding carboxylic acids is 2. The van der Waals surface area contributed by atoms with Crippen LogP contribution in [0.2, 0.25) is 0 Å². The summed E-state index contributed by atoms with van der Waals surface area (Å²) in [6.45, 7) is 9.53. The normalized spacial score (nSPS) is 11.0. The molecule has 2 N–H and O–H groups in total. The Hall–Kier alpha value is -4.20. The van der Waals surface area contributed by atoms with E-state index in [1.54, 1.807) is 18.2 Å². The largest absolute Gasteiger partial charge is 0.348 e. The third kappa shape index (κ3) is 4.73. The number of carbonyl (C=O) groups is 2. The summed E-state index contributed by atoms with van der Waals surface area (Å²) in [5.41, 5.74) is 6.26. The molecule has 2 aromatic heterocycles. The Morgan fingerprint density at radius 1 is 0.971 bits per heavy atom. The number of nitrogens with zero attached hydrogens (tertiary/aromatic N) is 3. The summed E-state index contributed by atoms with van der Waals surface area (Å²) in [5.74, 6) is -0.609. The lowest BCUT2D eigenvalue weighted by Gasteiger charge is -2.13. The monoisotopic (exact) mass is 471 g/mol. The van der Waals surface area contributed by atoms with Crippen LogP contribution in [0.1, 0.15) is 43.9 Å². The molecule has 180 valence electrons. The van der Waals surface area contributed by atoms with E-state index >= 15 is 0 Å². The van der Waals surface area contributed by atoms with E-state index in [1.807, 2.05) is 63.2 Å². The molecule has 0 atom stereocenters. The van der Waals surface area contributed by atoms with E-state index in [4.69, 9.17) is 0 Å². The third-order valence-corrected chi connectivity index (χ3v) is 6.20. The number of hydrogen-bond donors (Lipinski definition) is 2. The van der Waals surface area contributed by atoms with Gasteiger partial charge >= 0.3 is 0 Å². The molecular formula is C27H29N5O3. The van der Waals surface area contributed by atoms with Gasteiger partial charge in [0.2, 0.25) is 5.91 Å². The van der Waals surface area contributed by atoms with Gasteiger partial charge in [-0.05, 0) is 56.9 Å². The van der Waals surface area contributed by atoms with Crippen molar-refractivity contribution in [2.75, 3.05) is 5.32 Å². The van der Waals surface area contributed by atoms with Gasteiger partial charge in [-0.15, -0.1) is 0 Å². The maximum atomic E-state index is 13.3. The standard InChI is InChI=1S/C27H29N5O3/c1-16-11-17(2)24(18(3)12-16)30-22(33)14-32-27(35)25-19(4)23(20(5)31(25)15-29-32)26(34)28-13-21-9-7-6-8-10-21/h6-12,15H,13-14H2,1-5H3,(H,28,34)(H,30,33). The van der Waals surface area contributed by atoms with E-state index in [-0.39, 0.29) is 18.4 Å². The molecular weight excluding hydrogens is 442 g/mol. The van der Waals surface area contributed by atoms with E-state index in [9.17, 15) is 14.4 Å². The molecule has 0 fully saturated rings. The predicted octanol–water partition coefficient (Wildman–Crippen LogP) is 3.61. The zero-order valence-corrected chi connectivity index (χ0v) is 20.6. The molecule has 2 heterocycles. The van der Waals surface area contributed by atoms with Crippen LogP contribution in [0.25, 0.3) is 5.52 Å². The molecule has 0 saturated heterocycles. The van der Waals surface area contributed by atoms with Crippen LogP contribution in [0.3, 0.4) is 0 Å². The summed E-state index contributed by atoms with van der Waals surface area (Å²) in [4.78, 5) is 39.0. The van der Waals surface area contributed by atoms with E-state index in [2.05, 4.69) is 15.7 Å². The fourth-order valence-corrected chi connectivity index (χ4v) is 4.56. The van der Waals surface area contributed by atoms with Crippen molar-refractivity contribution in [3.63, 3.8) is 0 Å². The van der Waals surface area contributed by atoms with Crippen LogP contribution < -0.4 is 16.2 Å². The zero-order chi connectivity index (χ0) is 25.3. The summed E-state index contributed by atoms with van der Waals surface area (Å²) in [5, 5.41) is 10.0. The molecule has 8 heteroatoms. The van der Waals surface area contributed by atoms with Gasteiger partial charge in [0.1, 0.15) is 18.4 Å². The van der Waals surface area contributed by atoms with Crippen molar-refractivity contribution in [1.29, 1.82) is 0 Å². The second-order valence-electron chi connectivity index (χ2n) is 8.89. The summed E-state index contributed by atoms with van der Waals surface area (Å²) >= 11 is 0. The molecule has 0 spiro atoms. The molecule has 0 bridgehead atoms. The van der Waals surface area contributed by atoms with Crippen LogP contribution in [0.15, 0.2) is 53.6 Å². The lowest BCUT2D eigenvalue weighted by molar-refractivity contribution is -0.117. The van der Waals surface area contributed by atoms with Crippen molar-refractivity contribution >= 4 is 23.0 Å². The van der Waals surface area contributed by atoms with Gasteiger partial charge in [-0.3, -0.25) is 18.8 Å². The van der Waals surface area contributed by atoms with Gasteiger partial charge in [-0.2, -0.15) is 5.10 Å². The van der Waals surface area contributed by atoms with Gasteiger partial charge < -0.3 is 10.6 Å². The fourth-order valence-electron chi connectivity index (χ4n) is 4.56. The van der Waals surface area contributed by atoms with Crippen LogP contribution in [0.5, 0.6) is 0 Å². The second-order valence-corrected chi connectivity index (χ2v) is 8.89. The minimum Gasteiger partial charge on any atom is -0.348 e. The average molecular weight is 472 g/mol. The van der Waals surface area contributed by atoms with Crippen molar-refractivity contribution in [3.8, 4) is 0 Å². The summed E-state index contributed by atoms with van der Waals surface area (Å²) in [6.07, 6.45) is 1.47. The first-order chi connectivity index (χ1) is 16.7. The molecule has 4 aromatic rings. The molecule has 0 aliphatic carbocycles. The minimum absolute atomic E-state index is 0.235. The highest BCUT2D eigenvalue weighted by atomic mass is 16.2. The van der Waals surface area contributed by atoms with E-state index in [0.29, 0.717) is 28.9 Å². The number of benzene rings is 2. The predicted molar refractivity (Wildman–Crippen MR) is 136 cm³/mol.